The van der Waals surface area contributed by atoms with Gasteiger partial charge in [0.25, 0.3) is 0 Å². The van der Waals surface area contributed by atoms with Crippen LogP contribution in [0.1, 0.15) is 37.8 Å². The highest BCUT2D eigenvalue weighted by Crippen LogP contribution is 2.57. The maximum Gasteiger partial charge on any atom is 0.189 e. The van der Waals surface area contributed by atoms with E-state index in [4.69, 9.17) is 0 Å². The van der Waals surface area contributed by atoms with Crippen molar-refractivity contribution in [3.05, 3.63) is 119 Å². The minimum absolute atomic E-state index is 0.0296. The molecule has 6 rings (SSSR count). The number of likely N-dealkylation sites (N-methyl/N-ethyl adjacent to an activating group) is 1. The van der Waals surface area contributed by atoms with Crippen LogP contribution in [0.4, 0.5) is 0 Å². The van der Waals surface area contributed by atoms with Gasteiger partial charge < -0.3 is 0 Å². The smallest absolute Gasteiger partial charge is 0.189 e. The quantitative estimate of drug-likeness (QED) is 0.416. The van der Waals surface area contributed by atoms with Crippen LogP contribution in [0.3, 0.4) is 0 Å². The van der Waals surface area contributed by atoms with Crippen LogP contribution in [-0.4, -0.2) is 30.1 Å². The van der Waals surface area contributed by atoms with Crippen LogP contribution < -0.4 is 0 Å². The highest BCUT2D eigenvalue weighted by Gasteiger charge is 2.64. The molecule has 1 heterocycles. The molecular weight excluding hydrogens is 394 g/mol. The van der Waals surface area contributed by atoms with Gasteiger partial charge in [-0.1, -0.05) is 97.1 Å². The predicted molar refractivity (Wildman–Crippen MR) is 126 cm³/mol. The number of hydrogen-bond acceptors (Lipinski definition) is 3. The van der Waals surface area contributed by atoms with E-state index >= 15 is 0 Å². The van der Waals surface area contributed by atoms with Crippen molar-refractivity contribution in [3.8, 4) is 0 Å². The molecule has 0 aromatic heterocycles. The summed E-state index contributed by atoms with van der Waals surface area (Å²) in [5.41, 5.74) is 2.44. The Morgan fingerprint density at radius 2 is 1.50 bits per heavy atom. The molecule has 1 aliphatic heterocycles. The minimum Gasteiger partial charge on any atom is -0.294 e. The first kappa shape index (κ1) is 19.1. The Balaban J connectivity index is 1.64. The lowest BCUT2D eigenvalue weighted by molar-refractivity contribution is 0.0573. The highest BCUT2D eigenvalue weighted by molar-refractivity contribution is 6.22. The largest absolute Gasteiger partial charge is 0.294 e. The molecule has 4 aromatic rings. The summed E-state index contributed by atoms with van der Waals surface area (Å²) < 4.78 is 0. The van der Waals surface area contributed by atoms with Gasteiger partial charge in [-0.25, -0.2) is 0 Å². The maximum absolute atomic E-state index is 14.2. The Hall–Kier alpha value is -3.56. The first-order valence-corrected chi connectivity index (χ1v) is 11.1. The summed E-state index contributed by atoms with van der Waals surface area (Å²) in [6, 6.07) is 31.6. The maximum atomic E-state index is 14.2. The molecule has 156 valence electrons. The fraction of sp³-hybridized carbons (Fsp3) is 0.172. The Kier molecular flexibility index (Phi) is 4.17. The molecule has 1 saturated heterocycles. The molecule has 0 amide bonds. The van der Waals surface area contributed by atoms with E-state index in [-0.39, 0.29) is 17.5 Å². The van der Waals surface area contributed by atoms with Gasteiger partial charge in [0.2, 0.25) is 0 Å². The van der Waals surface area contributed by atoms with Gasteiger partial charge in [0.15, 0.2) is 11.6 Å². The van der Waals surface area contributed by atoms with Crippen LogP contribution in [-0.2, 0) is 5.54 Å². The number of carbonyl (C=O) groups excluding carboxylic acids is 2. The first-order chi connectivity index (χ1) is 15.6. The third-order valence-corrected chi connectivity index (χ3v) is 7.40. The van der Waals surface area contributed by atoms with E-state index < -0.39 is 11.5 Å². The second-order valence-corrected chi connectivity index (χ2v) is 8.91. The number of Topliss-reactive ketones (excluding diaryl/α,β-unsaturated/α-hetero) is 2. The zero-order valence-electron chi connectivity index (χ0n) is 17.9. The van der Waals surface area contributed by atoms with Gasteiger partial charge in [0.1, 0.15) is 5.54 Å². The van der Waals surface area contributed by atoms with E-state index in [2.05, 4.69) is 17.0 Å². The Bertz CT molecular complexity index is 1360. The SMILES string of the molecule is CN1C[C@@H](c2ccccc2)[C@H](C(=O)c2ccccc2)[C@@]12C(=O)c1cccc3cccc2c13. The minimum atomic E-state index is -1.00. The molecule has 0 bridgehead atoms. The van der Waals surface area contributed by atoms with E-state index in [1.165, 1.54) is 0 Å². The van der Waals surface area contributed by atoms with Gasteiger partial charge in [-0.3, -0.25) is 14.5 Å². The monoisotopic (exact) mass is 417 g/mol. The molecule has 0 unspecified atom stereocenters. The second-order valence-electron chi connectivity index (χ2n) is 8.91. The topological polar surface area (TPSA) is 37.4 Å². The lowest BCUT2D eigenvalue weighted by Gasteiger charge is -2.37. The predicted octanol–water partition coefficient (Wildman–Crippen LogP) is 5.46. The molecule has 0 saturated carbocycles. The van der Waals surface area contributed by atoms with Crippen molar-refractivity contribution in [3.63, 3.8) is 0 Å². The normalized spacial score (nSPS) is 24.5. The standard InChI is InChI=1S/C29H23NO2/c1-30-18-23(19-10-4-2-5-11-19)26(27(31)21-12-6-3-7-13-21)29(30)24-17-9-15-20-14-8-16-22(25(20)24)28(29)32/h2-17,23,26H,18H2,1H3/t23-,26+,29-/m0/s1. The lowest BCUT2D eigenvalue weighted by atomic mass is 9.69. The Morgan fingerprint density at radius 1 is 0.844 bits per heavy atom. The number of carbonyl (C=O) groups is 2. The van der Waals surface area contributed by atoms with Crippen molar-refractivity contribution in [2.75, 3.05) is 13.6 Å². The van der Waals surface area contributed by atoms with Crippen LogP contribution in [0, 0.1) is 5.92 Å². The van der Waals surface area contributed by atoms with Gasteiger partial charge in [-0.2, -0.15) is 0 Å². The van der Waals surface area contributed by atoms with Gasteiger partial charge in [-0.05, 0) is 28.9 Å². The molecule has 2 aliphatic rings. The van der Waals surface area contributed by atoms with E-state index in [1.807, 2.05) is 92.0 Å². The molecule has 3 atom stereocenters. The summed E-state index contributed by atoms with van der Waals surface area (Å²) in [4.78, 5) is 30.5. The number of nitrogens with zero attached hydrogens (tertiary/aromatic N) is 1. The van der Waals surface area contributed by atoms with Gasteiger partial charge in [0, 0.05) is 23.6 Å². The molecule has 0 N–H and O–H groups in total. The summed E-state index contributed by atoms with van der Waals surface area (Å²) in [6.45, 7) is 0.642. The third-order valence-electron chi connectivity index (χ3n) is 7.40. The molecule has 1 fully saturated rings. The van der Waals surface area contributed by atoms with Crippen LogP contribution in [0.25, 0.3) is 10.8 Å². The van der Waals surface area contributed by atoms with Crippen molar-refractivity contribution < 1.29 is 9.59 Å². The summed E-state index contributed by atoms with van der Waals surface area (Å²) in [6.07, 6.45) is 0. The van der Waals surface area contributed by atoms with Gasteiger partial charge in [-0.15, -0.1) is 0 Å². The number of benzene rings is 4. The summed E-state index contributed by atoms with van der Waals surface area (Å²) in [5.74, 6) is -0.522. The van der Waals surface area contributed by atoms with Crippen LogP contribution in [0.2, 0.25) is 0 Å². The molecule has 1 spiro atoms. The molecule has 1 aliphatic carbocycles. The molecule has 3 heteroatoms. The Morgan fingerprint density at radius 3 is 2.22 bits per heavy atom. The van der Waals surface area contributed by atoms with Crippen LogP contribution in [0.15, 0.2) is 97.1 Å². The fourth-order valence-electron chi connectivity index (χ4n) is 6.09. The highest BCUT2D eigenvalue weighted by atomic mass is 16.1. The van der Waals surface area contributed by atoms with Crippen molar-refractivity contribution >= 4 is 22.3 Å². The molecular formula is C29H23NO2. The molecule has 4 aromatic carbocycles. The zero-order chi connectivity index (χ0) is 21.9. The number of ketones is 2. The summed E-state index contributed by atoms with van der Waals surface area (Å²) >= 11 is 0. The van der Waals surface area contributed by atoms with Crippen molar-refractivity contribution in [1.82, 2.24) is 4.90 Å². The van der Waals surface area contributed by atoms with E-state index in [1.54, 1.807) is 0 Å². The van der Waals surface area contributed by atoms with E-state index in [0.717, 1.165) is 27.5 Å². The van der Waals surface area contributed by atoms with Crippen molar-refractivity contribution in [1.29, 1.82) is 0 Å². The lowest BCUT2D eigenvalue weighted by Crippen LogP contribution is -2.50. The number of rotatable bonds is 3. The number of hydrogen-bond donors (Lipinski definition) is 0. The fourth-order valence-corrected chi connectivity index (χ4v) is 6.09. The van der Waals surface area contributed by atoms with Crippen molar-refractivity contribution in [2.24, 2.45) is 5.92 Å². The van der Waals surface area contributed by atoms with Crippen LogP contribution >= 0.6 is 0 Å². The summed E-state index contributed by atoms with van der Waals surface area (Å²) in [5, 5.41) is 2.04. The number of fused-ring (bicyclic) bond motifs is 1. The van der Waals surface area contributed by atoms with Gasteiger partial charge in [0.05, 0.1) is 5.92 Å². The first-order valence-electron chi connectivity index (χ1n) is 11.1. The van der Waals surface area contributed by atoms with E-state index in [0.29, 0.717) is 12.1 Å². The van der Waals surface area contributed by atoms with E-state index in [9.17, 15) is 9.59 Å². The molecule has 3 nitrogen and oxygen atoms in total. The number of likely N-dealkylation sites (tertiary alicyclic amines) is 1. The van der Waals surface area contributed by atoms with Crippen LogP contribution in [0.5, 0.6) is 0 Å². The second kappa shape index (κ2) is 6.98. The third kappa shape index (κ3) is 2.40. The molecule has 0 radical (unpaired) electrons. The zero-order valence-corrected chi connectivity index (χ0v) is 17.9. The summed E-state index contributed by atoms with van der Waals surface area (Å²) in [7, 11) is 2.00. The average Bonchev–Trinajstić information content (AvgIpc) is 3.29. The van der Waals surface area contributed by atoms with Crippen molar-refractivity contribution in [2.45, 2.75) is 11.5 Å². The average molecular weight is 418 g/mol. The van der Waals surface area contributed by atoms with Gasteiger partial charge >= 0.3 is 0 Å². The molecule has 32 heavy (non-hydrogen) atoms. The Labute approximate surface area is 187 Å².